The Balaban J connectivity index is 2.20. The summed E-state index contributed by atoms with van der Waals surface area (Å²) >= 11 is 1.38. The van der Waals surface area contributed by atoms with Crippen LogP contribution in [0.5, 0.6) is 0 Å². The summed E-state index contributed by atoms with van der Waals surface area (Å²) in [4.78, 5) is 0.314. The molecule has 0 unspecified atom stereocenters. The predicted molar refractivity (Wildman–Crippen MR) is 74.6 cm³/mol. The molecular weight excluding hydrogens is 282 g/mol. The molecule has 1 aromatic heterocycles. The average molecular weight is 297 g/mol. The first-order valence-corrected chi connectivity index (χ1v) is 8.04. The molecule has 0 bridgehead atoms. The summed E-state index contributed by atoms with van der Waals surface area (Å²) in [5.74, 6) is 0. The van der Waals surface area contributed by atoms with Crippen LogP contribution < -0.4 is 4.72 Å². The van der Waals surface area contributed by atoms with Crippen molar-refractivity contribution in [1.82, 2.24) is 14.9 Å². The van der Waals surface area contributed by atoms with E-state index < -0.39 is 10.0 Å². The molecule has 0 radical (unpaired) electrons. The maximum atomic E-state index is 12.2. The molecule has 1 aromatic carbocycles. The Morgan fingerprint density at radius 1 is 1.21 bits per heavy atom. The van der Waals surface area contributed by atoms with E-state index in [0.717, 1.165) is 16.1 Å². The number of hydrogen-bond acceptors (Lipinski definition) is 5. The van der Waals surface area contributed by atoms with Crippen LogP contribution >= 0.6 is 11.3 Å². The van der Waals surface area contributed by atoms with Crippen LogP contribution in [0.1, 0.15) is 21.1 Å². The van der Waals surface area contributed by atoms with Gasteiger partial charge in [0.2, 0.25) is 10.0 Å². The van der Waals surface area contributed by atoms with Gasteiger partial charge in [-0.05, 0) is 38.0 Å². The molecule has 0 fully saturated rings. The minimum atomic E-state index is -3.51. The molecule has 0 saturated carbocycles. The van der Waals surface area contributed by atoms with Crippen molar-refractivity contribution in [2.75, 3.05) is 0 Å². The monoisotopic (exact) mass is 297 g/mol. The van der Waals surface area contributed by atoms with Crippen LogP contribution in [0.4, 0.5) is 0 Å². The van der Waals surface area contributed by atoms with Crippen molar-refractivity contribution >= 4 is 21.4 Å². The lowest BCUT2D eigenvalue weighted by molar-refractivity contribution is 0.580. The third kappa shape index (κ3) is 3.37. The van der Waals surface area contributed by atoms with Gasteiger partial charge in [0.05, 0.1) is 11.4 Å². The minimum absolute atomic E-state index is 0.168. The van der Waals surface area contributed by atoms with Gasteiger partial charge in [0.25, 0.3) is 0 Å². The molecule has 0 aliphatic carbocycles. The SMILES string of the molecule is Cc1ccc(C)c(S(=O)(=O)NCc2nnc(C)s2)c1. The number of benzene rings is 1. The molecule has 0 aliphatic heterocycles. The Morgan fingerprint density at radius 3 is 2.58 bits per heavy atom. The van der Waals surface area contributed by atoms with Gasteiger partial charge < -0.3 is 0 Å². The van der Waals surface area contributed by atoms with Gasteiger partial charge in [0.15, 0.2) is 0 Å². The van der Waals surface area contributed by atoms with E-state index >= 15 is 0 Å². The number of aromatic nitrogens is 2. The van der Waals surface area contributed by atoms with Gasteiger partial charge in [-0.15, -0.1) is 21.5 Å². The number of sulfonamides is 1. The topological polar surface area (TPSA) is 72.0 Å². The van der Waals surface area contributed by atoms with Gasteiger partial charge in [0.1, 0.15) is 10.0 Å². The highest BCUT2D eigenvalue weighted by Gasteiger charge is 2.17. The molecular formula is C12H15N3O2S2. The van der Waals surface area contributed by atoms with Gasteiger partial charge in [-0.25, -0.2) is 13.1 Å². The summed E-state index contributed by atoms with van der Waals surface area (Å²) < 4.78 is 27.0. The van der Waals surface area contributed by atoms with Gasteiger partial charge >= 0.3 is 0 Å². The van der Waals surface area contributed by atoms with E-state index in [1.165, 1.54) is 11.3 Å². The highest BCUT2D eigenvalue weighted by atomic mass is 32.2. The Kier molecular flexibility index (Phi) is 3.98. The molecule has 1 N–H and O–H groups in total. The fourth-order valence-corrected chi connectivity index (χ4v) is 3.70. The summed E-state index contributed by atoms with van der Waals surface area (Å²) in [5.41, 5.74) is 1.64. The molecule has 2 aromatic rings. The quantitative estimate of drug-likeness (QED) is 0.936. The van der Waals surface area contributed by atoms with Crippen LogP contribution in [0.2, 0.25) is 0 Å². The molecule has 1 heterocycles. The molecule has 0 aliphatic rings. The normalized spacial score (nSPS) is 11.7. The van der Waals surface area contributed by atoms with E-state index in [4.69, 9.17) is 0 Å². The Morgan fingerprint density at radius 2 is 1.95 bits per heavy atom. The lowest BCUT2D eigenvalue weighted by Crippen LogP contribution is -2.24. The number of nitrogens with zero attached hydrogens (tertiary/aromatic N) is 2. The highest BCUT2D eigenvalue weighted by Crippen LogP contribution is 2.17. The summed E-state index contributed by atoms with van der Waals surface area (Å²) in [6, 6.07) is 5.37. The average Bonchev–Trinajstić information content (AvgIpc) is 2.76. The van der Waals surface area contributed by atoms with Crippen LogP contribution in [-0.4, -0.2) is 18.6 Å². The van der Waals surface area contributed by atoms with Gasteiger partial charge in [0, 0.05) is 0 Å². The third-order valence-corrected chi connectivity index (χ3v) is 5.00. The van der Waals surface area contributed by atoms with Crippen molar-refractivity contribution in [2.24, 2.45) is 0 Å². The number of nitrogens with one attached hydrogen (secondary N) is 1. The zero-order chi connectivity index (χ0) is 14.0. The molecule has 19 heavy (non-hydrogen) atoms. The van der Waals surface area contributed by atoms with Crippen LogP contribution in [0.3, 0.4) is 0 Å². The molecule has 0 saturated heterocycles. The third-order valence-electron chi connectivity index (χ3n) is 2.61. The van der Waals surface area contributed by atoms with Crippen molar-refractivity contribution < 1.29 is 8.42 Å². The van der Waals surface area contributed by atoms with Crippen molar-refractivity contribution in [2.45, 2.75) is 32.2 Å². The first kappa shape index (κ1) is 14.1. The van der Waals surface area contributed by atoms with E-state index in [-0.39, 0.29) is 6.54 Å². The molecule has 0 spiro atoms. The number of hydrogen-bond donors (Lipinski definition) is 1. The van der Waals surface area contributed by atoms with Crippen LogP contribution in [0, 0.1) is 20.8 Å². The second-order valence-electron chi connectivity index (χ2n) is 4.31. The molecule has 7 heteroatoms. The van der Waals surface area contributed by atoms with Crippen molar-refractivity contribution in [1.29, 1.82) is 0 Å². The fraction of sp³-hybridized carbons (Fsp3) is 0.333. The van der Waals surface area contributed by atoms with Crippen LogP contribution in [0.25, 0.3) is 0 Å². The summed E-state index contributed by atoms with van der Waals surface area (Å²) in [6.45, 7) is 5.65. The van der Waals surface area contributed by atoms with E-state index in [9.17, 15) is 8.42 Å². The van der Waals surface area contributed by atoms with E-state index in [1.54, 1.807) is 19.1 Å². The van der Waals surface area contributed by atoms with Crippen LogP contribution in [0.15, 0.2) is 23.1 Å². The smallest absolute Gasteiger partial charge is 0.207 e. The van der Waals surface area contributed by atoms with Crippen LogP contribution in [-0.2, 0) is 16.6 Å². The standard InChI is InChI=1S/C12H15N3O2S2/c1-8-4-5-9(2)11(6-8)19(16,17)13-7-12-15-14-10(3)18-12/h4-6,13H,7H2,1-3H3. The highest BCUT2D eigenvalue weighted by molar-refractivity contribution is 7.89. The first-order valence-electron chi connectivity index (χ1n) is 5.74. The number of rotatable bonds is 4. The van der Waals surface area contributed by atoms with E-state index in [0.29, 0.717) is 9.90 Å². The van der Waals surface area contributed by atoms with Crippen molar-refractivity contribution in [3.8, 4) is 0 Å². The Hall–Kier alpha value is -1.31. The Labute approximate surface area is 116 Å². The molecule has 0 amide bonds. The molecule has 2 rings (SSSR count). The maximum absolute atomic E-state index is 12.2. The van der Waals surface area contributed by atoms with Crippen molar-refractivity contribution in [3.63, 3.8) is 0 Å². The second-order valence-corrected chi connectivity index (χ2v) is 7.31. The second kappa shape index (κ2) is 5.36. The predicted octanol–water partition coefficient (Wildman–Crippen LogP) is 1.94. The van der Waals surface area contributed by atoms with Gasteiger partial charge in [-0.1, -0.05) is 12.1 Å². The lowest BCUT2D eigenvalue weighted by atomic mass is 10.2. The van der Waals surface area contributed by atoms with Crippen molar-refractivity contribution in [3.05, 3.63) is 39.3 Å². The van der Waals surface area contributed by atoms with E-state index in [2.05, 4.69) is 14.9 Å². The zero-order valence-corrected chi connectivity index (χ0v) is 12.6. The fourth-order valence-electron chi connectivity index (χ4n) is 1.64. The zero-order valence-electron chi connectivity index (χ0n) is 11.0. The lowest BCUT2D eigenvalue weighted by Gasteiger charge is -2.08. The Bertz CT molecular complexity index is 693. The summed E-state index contributed by atoms with van der Waals surface area (Å²) in [6.07, 6.45) is 0. The van der Waals surface area contributed by atoms with Gasteiger partial charge in [-0.3, -0.25) is 0 Å². The van der Waals surface area contributed by atoms with E-state index in [1.807, 2.05) is 19.9 Å². The minimum Gasteiger partial charge on any atom is -0.207 e. The summed E-state index contributed by atoms with van der Waals surface area (Å²) in [7, 11) is -3.51. The summed E-state index contributed by atoms with van der Waals surface area (Å²) in [5, 5.41) is 9.23. The van der Waals surface area contributed by atoms with Gasteiger partial charge in [-0.2, -0.15) is 0 Å². The molecule has 5 nitrogen and oxygen atoms in total. The molecule has 0 atom stereocenters. The number of aryl methyl sites for hydroxylation is 3. The first-order chi connectivity index (χ1) is 8.88. The largest absolute Gasteiger partial charge is 0.241 e. The maximum Gasteiger partial charge on any atom is 0.241 e. The molecule has 102 valence electrons.